The van der Waals surface area contributed by atoms with Crippen LogP contribution < -0.4 is 10.6 Å². The molecule has 0 aliphatic carbocycles. The van der Waals surface area contributed by atoms with E-state index < -0.39 is 0 Å². The van der Waals surface area contributed by atoms with Crippen LogP contribution in [-0.2, 0) is 4.79 Å². The minimum atomic E-state index is 0.103. The molecule has 16 heavy (non-hydrogen) atoms. The van der Waals surface area contributed by atoms with E-state index in [2.05, 4.69) is 22.6 Å². The summed E-state index contributed by atoms with van der Waals surface area (Å²) in [6.45, 7) is 6.53. The lowest BCUT2D eigenvalue weighted by atomic mass is 9.94. The number of piperidine rings is 1. The van der Waals surface area contributed by atoms with Gasteiger partial charge < -0.3 is 15.5 Å². The molecule has 0 atom stereocenters. The van der Waals surface area contributed by atoms with Gasteiger partial charge in [0.1, 0.15) is 0 Å². The van der Waals surface area contributed by atoms with Gasteiger partial charge in [0.25, 0.3) is 0 Å². The van der Waals surface area contributed by atoms with Crippen LogP contribution in [0.15, 0.2) is 0 Å². The van der Waals surface area contributed by atoms with Gasteiger partial charge in [0.2, 0.25) is 5.91 Å². The van der Waals surface area contributed by atoms with Crippen molar-refractivity contribution >= 4 is 5.91 Å². The van der Waals surface area contributed by atoms with Crippen LogP contribution in [0.5, 0.6) is 0 Å². The predicted octanol–water partition coefficient (Wildman–Crippen LogP) is 0.444. The normalized spacial score (nSPS) is 18.6. The molecule has 0 saturated carbocycles. The number of nitrogens with zero attached hydrogens (tertiary/aromatic N) is 1. The largest absolute Gasteiger partial charge is 0.355 e. The van der Waals surface area contributed by atoms with E-state index in [1.54, 1.807) is 0 Å². The van der Waals surface area contributed by atoms with Crippen molar-refractivity contribution in [2.24, 2.45) is 5.92 Å². The first kappa shape index (κ1) is 13.5. The average Bonchev–Trinajstić information content (AvgIpc) is 2.27. The summed E-state index contributed by atoms with van der Waals surface area (Å²) in [4.78, 5) is 13.5. The zero-order valence-corrected chi connectivity index (χ0v) is 10.6. The summed E-state index contributed by atoms with van der Waals surface area (Å²) in [5.74, 6) is 0.948. The summed E-state index contributed by atoms with van der Waals surface area (Å²) in [5.41, 5.74) is 0. The number of carbonyl (C=O) groups is 1. The van der Waals surface area contributed by atoms with Crippen molar-refractivity contribution in [1.29, 1.82) is 0 Å². The van der Waals surface area contributed by atoms with E-state index >= 15 is 0 Å². The number of nitrogens with one attached hydrogen (secondary N) is 2. The first-order chi connectivity index (χ1) is 7.72. The van der Waals surface area contributed by atoms with Crippen molar-refractivity contribution in [1.82, 2.24) is 15.5 Å². The van der Waals surface area contributed by atoms with Gasteiger partial charge in [0.15, 0.2) is 0 Å². The van der Waals surface area contributed by atoms with Gasteiger partial charge in [0, 0.05) is 6.54 Å². The van der Waals surface area contributed by atoms with Crippen LogP contribution in [0.25, 0.3) is 0 Å². The van der Waals surface area contributed by atoms with Crippen LogP contribution >= 0.6 is 0 Å². The second-order valence-electron chi connectivity index (χ2n) is 4.67. The summed E-state index contributed by atoms with van der Waals surface area (Å²) in [6, 6.07) is 0. The van der Waals surface area contributed by atoms with Gasteiger partial charge in [-0.05, 0) is 58.8 Å². The van der Waals surface area contributed by atoms with Gasteiger partial charge >= 0.3 is 0 Å². The van der Waals surface area contributed by atoms with Crippen LogP contribution in [0.1, 0.15) is 26.2 Å². The lowest BCUT2D eigenvalue weighted by Crippen LogP contribution is -2.35. The molecule has 0 spiro atoms. The Kier molecular flexibility index (Phi) is 6.42. The fourth-order valence-corrected chi connectivity index (χ4v) is 2.12. The highest BCUT2D eigenvalue weighted by atomic mass is 16.1. The van der Waals surface area contributed by atoms with Crippen LogP contribution in [0.4, 0.5) is 0 Å². The summed E-state index contributed by atoms with van der Waals surface area (Å²) in [5, 5.41) is 5.98. The van der Waals surface area contributed by atoms with E-state index in [0.717, 1.165) is 19.0 Å². The Labute approximate surface area is 98.8 Å². The number of rotatable bonds is 6. The van der Waals surface area contributed by atoms with Gasteiger partial charge in [-0.1, -0.05) is 0 Å². The lowest BCUT2D eigenvalue weighted by Gasteiger charge is -2.28. The molecule has 4 heteroatoms. The summed E-state index contributed by atoms with van der Waals surface area (Å²) in [6.07, 6.45) is 3.81. The number of hydrogen-bond acceptors (Lipinski definition) is 3. The third-order valence-corrected chi connectivity index (χ3v) is 3.23. The van der Waals surface area contributed by atoms with E-state index in [1.807, 2.05) is 6.92 Å². The van der Waals surface area contributed by atoms with Gasteiger partial charge in [-0.2, -0.15) is 0 Å². The molecule has 0 radical (unpaired) electrons. The lowest BCUT2D eigenvalue weighted by molar-refractivity contribution is -0.120. The molecule has 0 aromatic heterocycles. The molecule has 1 aliphatic heterocycles. The predicted molar refractivity (Wildman–Crippen MR) is 66.4 cm³/mol. The maximum atomic E-state index is 11.2. The van der Waals surface area contributed by atoms with Crippen molar-refractivity contribution in [3.8, 4) is 0 Å². The highest BCUT2D eigenvalue weighted by molar-refractivity contribution is 5.77. The minimum absolute atomic E-state index is 0.103. The van der Waals surface area contributed by atoms with E-state index in [4.69, 9.17) is 0 Å². The maximum absolute atomic E-state index is 11.2. The van der Waals surface area contributed by atoms with Crippen molar-refractivity contribution < 1.29 is 4.79 Å². The summed E-state index contributed by atoms with van der Waals surface area (Å²) in [7, 11) is 2.18. The van der Waals surface area contributed by atoms with Crippen LogP contribution in [0.2, 0.25) is 0 Å². The van der Waals surface area contributed by atoms with Crippen LogP contribution in [0, 0.1) is 5.92 Å². The Hall–Kier alpha value is -0.610. The Bertz CT molecular complexity index is 200. The molecule has 1 amide bonds. The zero-order chi connectivity index (χ0) is 11.8. The Morgan fingerprint density at radius 1 is 1.38 bits per heavy atom. The topological polar surface area (TPSA) is 44.4 Å². The zero-order valence-electron chi connectivity index (χ0n) is 10.6. The Morgan fingerprint density at radius 3 is 2.69 bits per heavy atom. The fourth-order valence-electron chi connectivity index (χ4n) is 2.12. The fraction of sp³-hybridized carbons (Fsp3) is 0.917. The first-order valence-electron chi connectivity index (χ1n) is 6.38. The van der Waals surface area contributed by atoms with Crippen LogP contribution in [-0.4, -0.2) is 50.6 Å². The second-order valence-corrected chi connectivity index (χ2v) is 4.67. The monoisotopic (exact) mass is 227 g/mol. The van der Waals surface area contributed by atoms with Gasteiger partial charge in [-0.3, -0.25) is 4.79 Å². The highest BCUT2D eigenvalue weighted by Crippen LogP contribution is 2.18. The molecular formula is C12H25N3O. The van der Waals surface area contributed by atoms with Gasteiger partial charge in [-0.25, -0.2) is 0 Å². The quantitative estimate of drug-likeness (QED) is 0.647. The molecule has 0 bridgehead atoms. The van der Waals surface area contributed by atoms with E-state index in [1.165, 1.54) is 32.4 Å². The van der Waals surface area contributed by atoms with Crippen molar-refractivity contribution in [3.63, 3.8) is 0 Å². The minimum Gasteiger partial charge on any atom is -0.355 e. The molecular weight excluding hydrogens is 202 g/mol. The van der Waals surface area contributed by atoms with E-state index in [9.17, 15) is 4.79 Å². The van der Waals surface area contributed by atoms with Gasteiger partial charge in [-0.15, -0.1) is 0 Å². The van der Waals surface area contributed by atoms with Crippen molar-refractivity contribution in [2.75, 3.05) is 39.8 Å². The molecule has 1 heterocycles. The molecule has 0 aromatic carbocycles. The molecule has 2 N–H and O–H groups in total. The highest BCUT2D eigenvalue weighted by Gasteiger charge is 2.15. The molecule has 0 aromatic rings. The van der Waals surface area contributed by atoms with Crippen molar-refractivity contribution in [3.05, 3.63) is 0 Å². The average molecular weight is 227 g/mol. The Morgan fingerprint density at radius 2 is 2.06 bits per heavy atom. The smallest absolute Gasteiger partial charge is 0.233 e. The van der Waals surface area contributed by atoms with Crippen LogP contribution in [0.3, 0.4) is 0 Å². The standard InChI is InChI=1S/C12H25N3O/c1-3-14-12(16)10-13-7-4-11-5-8-15(2)9-6-11/h11,13H,3-10H2,1-2H3,(H,14,16). The SMILES string of the molecule is CCNC(=O)CNCCC1CCN(C)CC1. The van der Waals surface area contributed by atoms with Crippen molar-refractivity contribution in [2.45, 2.75) is 26.2 Å². The number of carbonyl (C=O) groups excluding carboxylic acids is 1. The molecule has 1 saturated heterocycles. The number of likely N-dealkylation sites (tertiary alicyclic amines) is 1. The maximum Gasteiger partial charge on any atom is 0.233 e. The molecule has 94 valence electrons. The summed E-state index contributed by atoms with van der Waals surface area (Å²) >= 11 is 0. The third kappa shape index (κ3) is 5.47. The first-order valence-corrected chi connectivity index (χ1v) is 6.38. The summed E-state index contributed by atoms with van der Waals surface area (Å²) < 4.78 is 0. The molecule has 0 unspecified atom stereocenters. The molecule has 4 nitrogen and oxygen atoms in total. The second kappa shape index (κ2) is 7.63. The molecule has 1 aliphatic rings. The van der Waals surface area contributed by atoms with E-state index in [-0.39, 0.29) is 5.91 Å². The molecule has 1 rings (SSSR count). The number of hydrogen-bond donors (Lipinski definition) is 2. The third-order valence-electron chi connectivity index (χ3n) is 3.23. The van der Waals surface area contributed by atoms with E-state index in [0.29, 0.717) is 6.54 Å². The number of likely N-dealkylation sites (N-methyl/N-ethyl adjacent to an activating group) is 1. The van der Waals surface area contributed by atoms with Gasteiger partial charge in [0.05, 0.1) is 6.54 Å². The Balaban J connectivity index is 1.97. The molecule has 1 fully saturated rings. The number of amides is 1.